The summed E-state index contributed by atoms with van der Waals surface area (Å²) in [5.74, 6) is 0.0857. The SMILES string of the molecule is CC(=O)Nc1cccc(Nc2nncc(=O)[nH]2)c1. The summed E-state index contributed by atoms with van der Waals surface area (Å²) in [6.45, 7) is 1.43. The van der Waals surface area contributed by atoms with Crippen LogP contribution in [0.5, 0.6) is 0 Å². The van der Waals surface area contributed by atoms with E-state index in [4.69, 9.17) is 0 Å². The van der Waals surface area contributed by atoms with Crippen LogP contribution < -0.4 is 16.2 Å². The van der Waals surface area contributed by atoms with Crippen molar-refractivity contribution in [2.75, 3.05) is 10.6 Å². The Morgan fingerprint density at radius 2 is 2.11 bits per heavy atom. The second-order valence-corrected chi connectivity index (χ2v) is 3.57. The summed E-state index contributed by atoms with van der Waals surface area (Å²) in [6, 6.07) is 7.01. The average molecular weight is 245 g/mol. The molecule has 0 atom stereocenters. The van der Waals surface area contributed by atoms with Gasteiger partial charge in [0, 0.05) is 18.3 Å². The van der Waals surface area contributed by atoms with Gasteiger partial charge in [0.05, 0.1) is 0 Å². The lowest BCUT2D eigenvalue weighted by atomic mass is 10.3. The van der Waals surface area contributed by atoms with Crippen molar-refractivity contribution < 1.29 is 4.79 Å². The molecule has 0 aliphatic rings. The Hall–Kier alpha value is -2.70. The highest BCUT2D eigenvalue weighted by Gasteiger charge is 2.00. The minimum Gasteiger partial charge on any atom is -0.326 e. The number of nitrogens with zero attached hydrogens (tertiary/aromatic N) is 2. The Morgan fingerprint density at radius 1 is 1.33 bits per heavy atom. The lowest BCUT2D eigenvalue weighted by Crippen LogP contribution is -2.11. The van der Waals surface area contributed by atoms with E-state index in [0.29, 0.717) is 11.4 Å². The maximum atomic E-state index is 11.0. The minimum absolute atomic E-state index is 0.153. The third-order valence-electron chi connectivity index (χ3n) is 2.02. The van der Waals surface area contributed by atoms with E-state index in [2.05, 4.69) is 25.8 Å². The number of benzene rings is 1. The Bertz CT molecular complexity index is 623. The normalized spacial score (nSPS) is 9.83. The molecule has 0 fully saturated rings. The van der Waals surface area contributed by atoms with E-state index in [1.165, 1.54) is 6.92 Å². The van der Waals surface area contributed by atoms with E-state index in [-0.39, 0.29) is 17.4 Å². The Morgan fingerprint density at radius 3 is 2.83 bits per heavy atom. The van der Waals surface area contributed by atoms with Gasteiger partial charge in [-0.1, -0.05) is 6.07 Å². The van der Waals surface area contributed by atoms with Crippen LogP contribution in [0, 0.1) is 0 Å². The summed E-state index contributed by atoms with van der Waals surface area (Å²) < 4.78 is 0. The molecule has 0 aliphatic carbocycles. The molecule has 7 heteroatoms. The summed E-state index contributed by atoms with van der Waals surface area (Å²) in [5, 5.41) is 12.8. The second-order valence-electron chi connectivity index (χ2n) is 3.57. The van der Waals surface area contributed by atoms with Gasteiger partial charge in [-0.2, -0.15) is 0 Å². The molecule has 18 heavy (non-hydrogen) atoms. The van der Waals surface area contributed by atoms with Crippen molar-refractivity contribution >= 4 is 23.2 Å². The van der Waals surface area contributed by atoms with Crippen LogP contribution in [0.3, 0.4) is 0 Å². The summed E-state index contributed by atoms with van der Waals surface area (Å²) >= 11 is 0. The number of hydrogen-bond donors (Lipinski definition) is 3. The predicted octanol–water partition coefficient (Wildman–Crippen LogP) is 0.867. The molecule has 2 aromatic rings. The Labute approximate surface area is 102 Å². The van der Waals surface area contributed by atoms with Crippen molar-refractivity contribution in [2.45, 2.75) is 6.92 Å². The molecular formula is C11H11N5O2. The largest absolute Gasteiger partial charge is 0.326 e. The molecule has 0 aliphatic heterocycles. The molecule has 0 unspecified atom stereocenters. The van der Waals surface area contributed by atoms with Crippen LogP contribution in [-0.2, 0) is 4.79 Å². The van der Waals surface area contributed by atoms with E-state index in [1.54, 1.807) is 24.3 Å². The molecule has 0 bridgehead atoms. The molecule has 1 heterocycles. The van der Waals surface area contributed by atoms with Gasteiger partial charge < -0.3 is 10.6 Å². The fourth-order valence-electron chi connectivity index (χ4n) is 1.38. The molecule has 92 valence electrons. The first-order valence-corrected chi connectivity index (χ1v) is 5.20. The van der Waals surface area contributed by atoms with Gasteiger partial charge >= 0.3 is 0 Å². The molecule has 7 nitrogen and oxygen atoms in total. The molecule has 3 N–H and O–H groups in total. The van der Waals surface area contributed by atoms with E-state index in [0.717, 1.165) is 6.20 Å². The van der Waals surface area contributed by atoms with Crippen LogP contribution >= 0.6 is 0 Å². The smallest absolute Gasteiger partial charge is 0.271 e. The summed E-state index contributed by atoms with van der Waals surface area (Å²) in [6.07, 6.45) is 1.08. The highest BCUT2D eigenvalue weighted by molar-refractivity contribution is 5.89. The van der Waals surface area contributed by atoms with Crippen LogP contribution in [0.2, 0.25) is 0 Å². The molecule has 1 aromatic heterocycles. The van der Waals surface area contributed by atoms with Crippen molar-refractivity contribution in [1.82, 2.24) is 15.2 Å². The van der Waals surface area contributed by atoms with Crippen LogP contribution in [0.25, 0.3) is 0 Å². The van der Waals surface area contributed by atoms with Crippen molar-refractivity contribution in [3.05, 3.63) is 40.8 Å². The van der Waals surface area contributed by atoms with Crippen LogP contribution in [-0.4, -0.2) is 21.1 Å². The first-order chi connectivity index (χ1) is 8.63. The summed E-state index contributed by atoms with van der Waals surface area (Å²) in [5.41, 5.74) is 0.988. The van der Waals surface area contributed by atoms with Crippen LogP contribution in [0.1, 0.15) is 6.92 Å². The number of aromatic nitrogens is 3. The first-order valence-electron chi connectivity index (χ1n) is 5.20. The van der Waals surface area contributed by atoms with Gasteiger partial charge in [0.15, 0.2) is 0 Å². The van der Waals surface area contributed by atoms with Gasteiger partial charge in [-0.3, -0.25) is 14.6 Å². The lowest BCUT2D eigenvalue weighted by Gasteiger charge is -2.06. The molecule has 1 amide bonds. The van der Waals surface area contributed by atoms with Crippen molar-refractivity contribution in [2.24, 2.45) is 0 Å². The van der Waals surface area contributed by atoms with Gasteiger partial charge in [0.25, 0.3) is 5.56 Å². The number of amides is 1. The third kappa shape index (κ3) is 3.14. The number of rotatable bonds is 3. The maximum Gasteiger partial charge on any atom is 0.271 e. The first kappa shape index (κ1) is 11.8. The molecule has 2 rings (SSSR count). The topological polar surface area (TPSA) is 99.8 Å². The van der Waals surface area contributed by atoms with E-state index in [9.17, 15) is 9.59 Å². The zero-order valence-electron chi connectivity index (χ0n) is 9.60. The van der Waals surface area contributed by atoms with Crippen molar-refractivity contribution in [3.63, 3.8) is 0 Å². The molecular weight excluding hydrogens is 234 g/mol. The molecule has 0 saturated heterocycles. The highest BCUT2D eigenvalue weighted by atomic mass is 16.1. The third-order valence-corrected chi connectivity index (χ3v) is 2.02. The summed E-state index contributed by atoms with van der Waals surface area (Å²) in [7, 11) is 0. The molecule has 0 saturated carbocycles. The minimum atomic E-state index is -0.342. The maximum absolute atomic E-state index is 11.0. The summed E-state index contributed by atoms with van der Waals surface area (Å²) in [4.78, 5) is 24.5. The van der Waals surface area contributed by atoms with E-state index in [1.807, 2.05) is 0 Å². The lowest BCUT2D eigenvalue weighted by molar-refractivity contribution is -0.114. The number of hydrogen-bond acceptors (Lipinski definition) is 5. The predicted molar refractivity (Wildman–Crippen MR) is 66.7 cm³/mol. The van der Waals surface area contributed by atoms with Crippen LogP contribution in [0.4, 0.5) is 17.3 Å². The van der Waals surface area contributed by atoms with Crippen LogP contribution in [0.15, 0.2) is 35.3 Å². The zero-order valence-corrected chi connectivity index (χ0v) is 9.60. The van der Waals surface area contributed by atoms with Gasteiger partial charge in [-0.25, -0.2) is 0 Å². The fraction of sp³-hybridized carbons (Fsp3) is 0.0909. The second kappa shape index (κ2) is 5.09. The quantitative estimate of drug-likeness (QED) is 0.745. The number of carbonyl (C=O) groups is 1. The van der Waals surface area contributed by atoms with E-state index >= 15 is 0 Å². The number of nitrogens with one attached hydrogen (secondary N) is 3. The van der Waals surface area contributed by atoms with E-state index < -0.39 is 0 Å². The van der Waals surface area contributed by atoms with Gasteiger partial charge in [0.2, 0.25) is 11.9 Å². The standard InChI is InChI=1S/C11H11N5O2/c1-7(17)13-8-3-2-4-9(5-8)14-11-15-10(18)6-12-16-11/h2-6H,1H3,(H,13,17)(H2,14,15,16,18). The monoisotopic (exact) mass is 245 g/mol. The molecule has 1 aromatic carbocycles. The highest BCUT2D eigenvalue weighted by Crippen LogP contribution is 2.17. The van der Waals surface area contributed by atoms with Crippen molar-refractivity contribution in [3.8, 4) is 0 Å². The fourth-order valence-corrected chi connectivity index (χ4v) is 1.38. The molecule has 0 radical (unpaired) electrons. The zero-order chi connectivity index (χ0) is 13.0. The molecule has 0 spiro atoms. The van der Waals surface area contributed by atoms with Gasteiger partial charge in [-0.05, 0) is 18.2 Å². The Kier molecular flexibility index (Phi) is 3.33. The number of anilines is 3. The number of carbonyl (C=O) groups excluding carboxylic acids is 1. The average Bonchev–Trinajstić information content (AvgIpc) is 2.28. The number of aromatic amines is 1. The Balaban J connectivity index is 2.19. The number of H-pyrrole nitrogens is 1. The van der Waals surface area contributed by atoms with Gasteiger partial charge in [-0.15, -0.1) is 10.2 Å². The van der Waals surface area contributed by atoms with Gasteiger partial charge in [0.1, 0.15) is 6.20 Å². The van der Waals surface area contributed by atoms with Crippen molar-refractivity contribution in [1.29, 1.82) is 0 Å².